The van der Waals surface area contributed by atoms with Crippen LogP contribution in [0, 0.1) is 27.4 Å². The maximum atomic E-state index is 12.9. The second-order valence-electron chi connectivity index (χ2n) is 7.92. The van der Waals surface area contributed by atoms with Gasteiger partial charge in [-0.3, -0.25) is 19.7 Å². The first-order valence-electron chi connectivity index (χ1n) is 10.4. The quantitative estimate of drug-likeness (QED) is 0.480. The van der Waals surface area contributed by atoms with Gasteiger partial charge in [0, 0.05) is 30.1 Å². The monoisotopic (exact) mass is 452 g/mol. The highest BCUT2D eigenvalue weighted by atomic mass is 16.6. The number of nitrogens with zero attached hydrogens (tertiary/aromatic N) is 3. The molecule has 2 aromatic carbocycles. The Kier molecular flexibility index (Phi) is 7.58. The Labute approximate surface area is 190 Å². The number of amides is 2. The SMILES string of the molecule is CC(C)CC(Oc1ccc([N+](=O)[O-])c(C#N)c1)C(=O)Nc1ccc(N2CCOCC2=O)cc1. The molecule has 0 saturated carbocycles. The largest absolute Gasteiger partial charge is 0.481 e. The van der Waals surface area contributed by atoms with E-state index in [2.05, 4.69) is 5.32 Å². The number of nitriles is 1. The van der Waals surface area contributed by atoms with E-state index in [4.69, 9.17) is 9.47 Å². The van der Waals surface area contributed by atoms with E-state index in [1.54, 1.807) is 35.2 Å². The molecule has 0 aliphatic carbocycles. The fraction of sp³-hybridized carbons (Fsp3) is 0.348. The van der Waals surface area contributed by atoms with Crippen molar-refractivity contribution < 1.29 is 24.0 Å². The molecule has 1 unspecified atom stereocenters. The summed E-state index contributed by atoms with van der Waals surface area (Å²) in [7, 11) is 0. The number of nitro benzene ring substituents is 1. The molecule has 2 aromatic rings. The van der Waals surface area contributed by atoms with Crippen LogP contribution in [0.1, 0.15) is 25.8 Å². The smallest absolute Gasteiger partial charge is 0.287 e. The summed E-state index contributed by atoms with van der Waals surface area (Å²) in [5.41, 5.74) is 0.775. The molecule has 172 valence electrons. The van der Waals surface area contributed by atoms with Gasteiger partial charge in [-0.15, -0.1) is 0 Å². The number of carbonyl (C=O) groups is 2. The molecule has 33 heavy (non-hydrogen) atoms. The molecular formula is C23H24N4O6. The average molecular weight is 452 g/mol. The highest BCUT2D eigenvalue weighted by Crippen LogP contribution is 2.26. The molecule has 0 radical (unpaired) electrons. The lowest BCUT2D eigenvalue weighted by Gasteiger charge is -2.27. The van der Waals surface area contributed by atoms with Crippen LogP contribution >= 0.6 is 0 Å². The van der Waals surface area contributed by atoms with Gasteiger partial charge in [0.1, 0.15) is 24.0 Å². The van der Waals surface area contributed by atoms with E-state index in [0.717, 1.165) is 0 Å². The summed E-state index contributed by atoms with van der Waals surface area (Å²) in [5.74, 6) is -0.192. The maximum absolute atomic E-state index is 12.9. The number of nitro groups is 1. The summed E-state index contributed by atoms with van der Waals surface area (Å²) >= 11 is 0. The Hall–Kier alpha value is -3.97. The van der Waals surface area contributed by atoms with Crippen LogP contribution in [0.15, 0.2) is 42.5 Å². The minimum absolute atomic E-state index is 0.0445. The fourth-order valence-corrected chi connectivity index (χ4v) is 3.38. The molecule has 1 aliphatic rings. The standard InChI is InChI=1S/C23H24N4O6/c1-15(2)11-21(33-19-7-8-20(27(30)31)16(12-19)13-24)23(29)25-17-3-5-18(6-4-17)26-9-10-32-14-22(26)28/h3-8,12,15,21H,9-11,14H2,1-2H3,(H,25,29). The summed E-state index contributed by atoms with van der Waals surface area (Å²) in [4.78, 5) is 36.9. The van der Waals surface area contributed by atoms with Crippen molar-refractivity contribution >= 4 is 28.9 Å². The van der Waals surface area contributed by atoms with Crippen LogP contribution in [0.4, 0.5) is 17.1 Å². The average Bonchev–Trinajstić information content (AvgIpc) is 2.79. The van der Waals surface area contributed by atoms with Gasteiger partial charge in [0.2, 0.25) is 0 Å². The molecule has 1 atom stereocenters. The van der Waals surface area contributed by atoms with Crippen LogP contribution in [0.2, 0.25) is 0 Å². The van der Waals surface area contributed by atoms with E-state index in [-0.39, 0.29) is 35.4 Å². The Morgan fingerprint density at radius 3 is 2.64 bits per heavy atom. The van der Waals surface area contributed by atoms with Crippen molar-refractivity contribution in [3.05, 3.63) is 58.1 Å². The zero-order chi connectivity index (χ0) is 24.0. The second-order valence-corrected chi connectivity index (χ2v) is 7.92. The Balaban J connectivity index is 1.72. The number of ether oxygens (including phenoxy) is 2. The minimum Gasteiger partial charge on any atom is -0.481 e. The van der Waals surface area contributed by atoms with Gasteiger partial charge in [-0.2, -0.15) is 5.26 Å². The van der Waals surface area contributed by atoms with Crippen molar-refractivity contribution in [2.24, 2.45) is 5.92 Å². The normalized spacial score (nSPS) is 14.5. The van der Waals surface area contributed by atoms with Gasteiger partial charge < -0.3 is 19.7 Å². The molecule has 1 N–H and O–H groups in total. The molecule has 0 spiro atoms. The molecule has 2 amide bonds. The molecule has 1 heterocycles. The van der Waals surface area contributed by atoms with E-state index < -0.39 is 16.9 Å². The van der Waals surface area contributed by atoms with Gasteiger partial charge in [-0.05, 0) is 42.7 Å². The van der Waals surface area contributed by atoms with Crippen LogP contribution in [0.25, 0.3) is 0 Å². The first-order chi connectivity index (χ1) is 15.8. The number of morpholine rings is 1. The van der Waals surface area contributed by atoms with Crippen LogP contribution < -0.4 is 15.0 Å². The summed E-state index contributed by atoms with van der Waals surface area (Å²) in [6.45, 7) is 4.86. The molecular weight excluding hydrogens is 428 g/mol. The van der Waals surface area contributed by atoms with Gasteiger partial charge in [-0.25, -0.2) is 0 Å². The number of anilines is 2. The third-order valence-electron chi connectivity index (χ3n) is 4.97. The minimum atomic E-state index is -0.876. The number of hydrogen-bond donors (Lipinski definition) is 1. The lowest BCUT2D eigenvalue weighted by Crippen LogP contribution is -2.41. The first kappa shape index (κ1) is 23.7. The predicted octanol–water partition coefficient (Wildman–Crippen LogP) is 3.26. The van der Waals surface area contributed by atoms with Gasteiger partial charge in [0.05, 0.1) is 11.5 Å². The lowest BCUT2D eigenvalue weighted by molar-refractivity contribution is -0.385. The topological polar surface area (TPSA) is 135 Å². The first-order valence-corrected chi connectivity index (χ1v) is 10.4. The summed E-state index contributed by atoms with van der Waals surface area (Å²) in [6.07, 6.45) is -0.482. The summed E-state index contributed by atoms with van der Waals surface area (Å²) < 4.78 is 11.0. The van der Waals surface area contributed by atoms with E-state index in [1.807, 2.05) is 13.8 Å². The van der Waals surface area contributed by atoms with E-state index in [0.29, 0.717) is 30.9 Å². The number of carbonyl (C=O) groups excluding carboxylic acids is 2. The van der Waals surface area contributed by atoms with E-state index in [9.17, 15) is 25.0 Å². The van der Waals surface area contributed by atoms with Crippen LogP contribution in [0.3, 0.4) is 0 Å². The second kappa shape index (κ2) is 10.6. The van der Waals surface area contributed by atoms with Crippen molar-refractivity contribution in [1.29, 1.82) is 5.26 Å². The zero-order valence-corrected chi connectivity index (χ0v) is 18.3. The zero-order valence-electron chi connectivity index (χ0n) is 18.3. The van der Waals surface area contributed by atoms with Crippen LogP contribution in [-0.2, 0) is 14.3 Å². The molecule has 0 bridgehead atoms. The van der Waals surface area contributed by atoms with E-state index >= 15 is 0 Å². The summed E-state index contributed by atoms with van der Waals surface area (Å²) in [6, 6.07) is 12.5. The fourth-order valence-electron chi connectivity index (χ4n) is 3.38. The molecule has 3 rings (SSSR count). The van der Waals surface area contributed by atoms with Gasteiger partial charge >= 0.3 is 0 Å². The third-order valence-corrected chi connectivity index (χ3v) is 4.97. The predicted molar refractivity (Wildman–Crippen MR) is 120 cm³/mol. The Bertz CT molecular complexity index is 1080. The number of nitrogens with one attached hydrogen (secondary N) is 1. The van der Waals surface area contributed by atoms with Gasteiger partial charge in [0.25, 0.3) is 17.5 Å². The van der Waals surface area contributed by atoms with E-state index in [1.165, 1.54) is 18.2 Å². The van der Waals surface area contributed by atoms with Crippen molar-refractivity contribution in [2.75, 3.05) is 30.0 Å². The van der Waals surface area contributed by atoms with Crippen LogP contribution in [0.5, 0.6) is 5.75 Å². The van der Waals surface area contributed by atoms with Crippen molar-refractivity contribution in [3.63, 3.8) is 0 Å². The third kappa shape index (κ3) is 6.05. The molecule has 10 nitrogen and oxygen atoms in total. The molecule has 1 aliphatic heterocycles. The Morgan fingerprint density at radius 1 is 1.30 bits per heavy atom. The number of rotatable bonds is 8. The van der Waals surface area contributed by atoms with Crippen LogP contribution in [-0.4, -0.2) is 42.6 Å². The molecule has 10 heteroatoms. The summed E-state index contributed by atoms with van der Waals surface area (Å²) in [5, 5.41) is 23.0. The number of benzene rings is 2. The molecule has 0 aromatic heterocycles. The van der Waals surface area contributed by atoms with Crippen molar-refractivity contribution in [3.8, 4) is 11.8 Å². The molecule has 1 fully saturated rings. The highest BCUT2D eigenvalue weighted by Gasteiger charge is 2.24. The van der Waals surface area contributed by atoms with Gasteiger partial charge in [0.15, 0.2) is 6.10 Å². The number of hydrogen-bond acceptors (Lipinski definition) is 7. The van der Waals surface area contributed by atoms with Crippen molar-refractivity contribution in [2.45, 2.75) is 26.4 Å². The van der Waals surface area contributed by atoms with Gasteiger partial charge in [-0.1, -0.05) is 13.8 Å². The maximum Gasteiger partial charge on any atom is 0.287 e. The van der Waals surface area contributed by atoms with Crippen molar-refractivity contribution in [1.82, 2.24) is 0 Å². The Morgan fingerprint density at radius 2 is 2.03 bits per heavy atom. The molecule has 1 saturated heterocycles. The highest BCUT2D eigenvalue weighted by molar-refractivity contribution is 5.96. The lowest BCUT2D eigenvalue weighted by atomic mass is 10.0.